The van der Waals surface area contributed by atoms with Gasteiger partial charge in [-0.3, -0.25) is 14.4 Å². The first-order chi connectivity index (χ1) is 15.0. The highest BCUT2D eigenvalue weighted by Gasteiger charge is 2.75. The Morgan fingerprint density at radius 2 is 1.81 bits per heavy atom. The lowest BCUT2D eigenvalue weighted by Crippen LogP contribution is -2.99. The van der Waals surface area contributed by atoms with E-state index in [1.165, 1.54) is 4.90 Å². The van der Waals surface area contributed by atoms with Gasteiger partial charge in [0.1, 0.15) is 11.8 Å². The van der Waals surface area contributed by atoms with Crippen molar-refractivity contribution in [2.45, 2.75) is 24.9 Å². The summed E-state index contributed by atoms with van der Waals surface area (Å²) in [6.45, 7) is 6.16. The standard InChI is InChI=1S/C24H22BrN3O3/c1-3-13-27-18-8-6-5-7-16(18)24(23(27)31)20-19(17(4-2)26-24)21(29)28(22(20)30)15-11-9-14(25)10-12-15/h3,5-12,17,19-20,26H,1,4,13H2,2H3/p+1/t17-,19-,20-,24-/m0/s1. The van der Waals surface area contributed by atoms with Crippen molar-refractivity contribution in [3.63, 3.8) is 0 Å². The topological polar surface area (TPSA) is 74.3 Å². The SMILES string of the molecule is C=CCN1C(=O)[C@]2([NH2+][C@@H](CC)[C@@H]3C(=O)N(c4ccc(Br)cc4)C(=O)[C@H]32)c2ccccc21. The quantitative estimate of drug-likeness (QED) is 0.538. The third kappa shape index (κ3) is 2.56. The maximum absolute atomic E-state index is 13.9. The molecule has 158 valence electrons. The summed E-state index contributed by atoms with van der Waals surface area (Å²) >= 11 is 3.40. The minimum atomic E-state index is -1.12. The van der Waals surface area contributed by atoms with Crippen LogP contribution < -0.4 is 15.1 Å². The first-order valence-corrected chi connectivity index (χ1v) is 11.3. The maximum Gasteiger partial charge on any atom is 0.294 e. The van der Waals surface area contributed by atoms with E-state index in [-0.39, 0.29) is 23.8 Å². The Balaban J connectivity index is 1.68. The lowest BCUT2D eigenvalue weighted by molar-refractivity contribution is -0.733. The number of imide groups is 1. The molecular formula is C24H23BrN3O3+. The van der Waals surface area contributed by atoms with Gasteiger partial charge in [-0.1, -0.05) is 47.1 Å². The van der Waals surface area contributed by atoms with Gasteiger partial charge >= 0.3 is 0 Å². The fourth-order valence-corrected chi connectivity index (χ4v) is 5.91. The predicted octanol–water partition coefficient (Wildman–Crippen LogP) is 2.34. The van der Waals surface area contributed by atoms with Gasteiger partial charge in [-0.25, -0.2) is 4.90 Å². The molecule has 3 aliphatic rings. The predicted molar refractivity (Wildman–Crippen MR) is 120 cm³/mol. The van der Waals surface area contributed by atoms with Gasteiger partial charge in [-0.15, -0.1) is 6.58 Å². The van der Waals surface area contributed by atoms with E-state index in [1.54, 1.807) is 23.1 Å². The van der Waals surface area contributed by atoms with Crippen LogP contribution in [0, 0.1) is 11.8 Å². The molecule has 4 atom stereocenters. The van der Waals surface area contributed by atoms with Gasteiger partial charge < -0.3 is 10.2 Å². The molecule has 6 nitrogen and oxygen atoms in total. The number of hydrogen-bond acceptors (Lipinski definition) is 3. The number of halogens is 1. The molecule has 0 aliphatic carbocycles. The van der Waals surface area contributed by atoms with Gasteiger partial charge in [0, 0.05) is 16.6 Å². The van der Waals surface area contributed by atoms with E-state index in [4.69, 9.17) is 0 Å². The van der Waals surface area contributed by atoms with E-state index in [9.17, 15) is 14.4 Å². The molecule has 0 aromatic heterocycles. The Morgan fingerprint density at radius 1 is 1.10 bits per heavy atom. The Labute approximate surface area is 189 Å². The molecule has 3 aliphatic heterocycles. The Kier molecular flexibility index (Phi) is 4.64. The molecule has 2 fully saturated rings. The highest BCUT2D eigenvalue weighted by Crippen LogP contribution is 2.51. The van der Waals surface area contributed by atoms with Crippen LogP contribution in [-0.2, 0) is 19.9 Å². The van der Waals surface area contributed by atoms with Crippen molar-refractivity contribution in [3.8, 4) is 0 Å². The zero-order chi connectivity index (χ0) is 21.9. The van der Waals surface area contributed by atoms with Crippen molar-refractivity contribution in [2.75, 3.05) is 16.3 Å². The number of carbonyl (C=O) groups excluding carboxylic acids is 3. The van der Waals surface area contributed by atoms with Crippen LogP contribution in [0.3, 0.4) is 0 Å². The average molecular weight is 481 g/mol. The molecule has 2 saturated heterocycles. The third-order valence-corrected chi connectivity index (χ3v) is 7.42. The molecular weight excluding hydrogens is 458 g/mol. The number of benzene rings is 2. The van der Waals surface area contributed by atoms with Crippen molar-refractivity contribution in [2.24, 2.45) is 11.8 Å². The van der Waals surface area contributed by atoms with Crippen molar-refractivity contribution in [1.29, 1.82) is 0 Å². The smallest absolute Gasteiger partial charge is 0.294 e. The third-order valence-electron chi connectivity index (χ3n) is 6.89. The van der Waals surface area contributed by atoms with Crippen molar-refractivity contribution >= 4 is 45.0 Å². The second kappa shape index (κ2) is 7.14. The number of carbonyl (C=O) groups is 3. The van der Waals surface area contributed by atoms with Crippen LogP contribution in [-0.4, -0.2) is 30.3 Å². The molecule has 0 saturated carbocycles. The molecule has 0 radical (unpaired) electrons. The van der Waals surface area contributed by atoms with Crippen LogP contribution in [0.5, 0.6) is 0 Å². The number of fused-ring (bicyclic) bond motifs is 4. The number of anilines is 2. The second-order valence-electron chi connectivity index (χ2n) is 8.32. The fraction of sp³-hybridized carbons (Fsp3) is 0.292. The normalized spacial score (nSPS) is 29.1. The highest BCUT2D eigenvalue weighted by molar-refractivity contribution is 9.10. The molecule has 2 aromatic rings. The number of nitrogens with two attached hydrogens (primary N) is 1. The van der Waals surface area contributed by atoms with Crippen LogP contribution in [0.15, 0.2) is 65.7 Å². The average Bonchev–Trinajstić information content (AvgIpc) is 3.34. The van der Waals surface area contributed by atoms with Crippen LogP contribution in [0.4, 0.5) is 11.4 Å². The zero-order valence-corrected chi connectivity index (χ0v) is 18.7. The van der Waals surface area contributed by atoms with Gasteiger partial charge in [0.05, 0.1) is 17.4 Å². The van der Waals surface area contributed by atoms with Crippen LogP contribution in [0.2, 0.25) is 0 Å². The second-order valence-corrected chi connectivity index (χ2v) is 9.24. The summed E-state index contributed by atoms with van der Waals surface area (Å²) < 4.78 is 0.867. The van der Waals surface area contributed by atoms with Gasteiger partial charge in [0.2, 0.25) is 17.4 Å². The summed E-state index contributed by atoms with van der Waals surface area (Å²) in [5.41, 5.74) is 1.02. The van der Waals surface area contributed by atoms with Gasteiger partial charge in [-0.05, 0) is 36.8 Å². The van der Waals surface area contributed by atoms with E-state index in [0.29, 0.717) is 18.7 Å². The van der Waals surface area contributed by atoms with E-state index in [2.05, 4.69) is 22.5 Å². The molecule has 0 bridgehead atoms. The number of nitrogens with zero attached hydrogens (tertiary/aromatic N) is 2. The molecule has 3 amide bonds. The van der Waals surface area contributed by atoms with Crippen molar-refractivity contribution < 1.29 is 19.7 Å². The highest BCUT2D eigenvalue weighted by atomic mass is 79.9. The van der Waals surface area contributed by atoms with E-state index in [1.807, 2.05) is 48.6 Å². The number of hydrogen-bond donors (Lipinski definition) is 1. The lowest BCUT2D eigenvalue weighted by atomic mass is 9.76. The maximum atomic E-state index is 13.9. The molecule has 1 spiro atoms. The lowest BCUT2D eigenvalue weighted by Gasteiger charge is -2.27. The van der Waals surface area contributed by atoms with Crippen LogP contribution in [0.1, 0.15) is 18.9 Å². The Morgan fingerprint density at radius 3 is 2.48 bits per heavy atom. The zero-order valence-electron chi connectivity index (χ0n) is 17.1. The summed E-state index contributed by atoms with van der Waals surface area (Å²) in [5, 5.41) is 1.99. The first-order valence-electron chi connectivity index (χ1n) is 10.5. The molecule has 31 heavy (non-hydrogen) atoms. The van der Waals surface area contributed by atoms with Gasteiger partial charge in [0.25, 0.3) is 5.91 Å². The number of quaternary nitrogens is 1. The number of amides is 3. The van der Waals surface area contributed by atoms with Crippen LogP contribution in [0.25, 0.3) is 0 Å². The summed E-state index contributed by atoms with van der Waals surface area (Å²) in [6, 6.07) is 14.6. The molecule has 2 aromatic carbocycles. The minimum Gasteiger partial charge on any atom is -0.326 e. The number of rotatable bonds is 4. The molecule has 0 unspecified atom stereocenters. The number of para-hydroxylation sites is 1. The van der Waals surface area contributed by atoms with E-state index >= 15 is 0 Å². The summed E-state index contributed by atoms with van der Waals surface area (Å²) in [4.78, 5) is 44.2. The summed E-state index contributed by atoms with van der Waals surface area (Å²) in [6.07, 6.45) is 2.38. The Hall–Kier alpha value is -2.77. The van der Waals surface area contributed by atoms with Gasteiger partial charge in [0.15, 0.2) is 0 Å². The molecule has 5 rings (SSSR count). The fourth-order valence-electron chi connectivity index (χ4n) is 5.64. The van der Waals surface area contributed by atoms with Crippen molar-refractivity contribution in [3.05, 3.63) is 71.2 Å². The van der Waals surface area contributed by atoms with E-state index < -0.39 is 17.4 Å². The monoisotopic (exact) mass is 480 g/mol. The Bertz CT molecular complexity index is 1120. The first kappa shape index (κ1) is 20.2. The minimum absolute atomic E-state index is 0.140. The van der Waals surface area contributed by atoms with Crippen LogP contribution >= 0.6 is 15.9 Å². The summed E-state index contributed by atoms with van der Waals surface area (Å²) in [5.74, 6) is -1.94. The largest absolute Gasteiger partial charge is 0.326 e. The van der Waals surface area contributed by atoms with E-state index in [0.717, 1.165) is 15.7 Å². The molecule has 2 N–H and O–H groups in total. The van der Waals surface area contributed by atoms with Gasteiger partial charge in [-0.2, -0.15) is 0 Å². The van der Waals surface area contributed by atoms with Crippen molar-refractivity contribution in [1.82, 2.24) is 0 Å². The molecule has 7 heteroatoms. The molecule has 3 heterocycles. The summed E-state index contributed by atoms with van der Waals surface area (Å²) in [7, 11) is 0.